The van der Waals surface area contributed by atoms with Gasteiger partial charge in [-0.2, -0.15) is 0 Å². The van der Waals surface area contributed by atoms with E-state index in [0.717, 1.165) is 27.5 Å². The maximum atomic E-state index is 5.04. The second-order valence-electron chi connectivity index (χ2n) is 3.63. The van der Waals surface area contributed by atoms with Crippen molar-refractivity contribution in [3.63, 3.8) is 0 Å². The summed E-state index contributed by atoms with van der Waals surface area (Å²) in [6, 6.07) is 9.07. The van der Waals surface area contributed by atoms with Crippen LogP contribution in [0.5, 0.6) is 0 Å². The van der Waals surface area contributed by atoms with Crippen molar-refractivity contribution in [2.24, 2.45) is 0 Å². The van der Waals surface area contributed by atoms with E-state index in [1.165, 1.54) is 0 Å². The molecule has 0 saturated heterocycles. The molecule has 17 heavy (non-hydrogen) atoms. The molecule has 85 valence electrons. The predicted octanol–water partition coefficient (Wildman–Crippen LogP) is 2.43. The third kappa shape index (κ3) is 1.27. The van der Waals surface area contributed by atoms with Crippen LogP contribution in [0.3, 0.4) is 0 Å². The third-order valence-corrected chi connectivity index (χ3v) is 2.79. The van der Waals surface area contributed by atoms with Crippen LogP contribution in [0.1, 0.15) is 0 Å². The van der Waals surface area contributed by atoms with Crippen molar-refractivity contribution in [2.75, 3.05) is 0 Å². The number of rotatable bonds is 0. The first kappa shape index (κ1) is 10.4. The number of fused-ring (bicyclic) bond motifs is 6. The van der Waals surface area contributed by atoms with E-state index >= 15 is 0 Å². The van der Waals surface area contributed by atoms with Gasteiger partial charge >= 0.3 is 0 Å². The molecule has 0 aliphatic carbocycles. The Labute approximate surface area is 110 Å². The Kier molecular flexibility index (Phi) is 2.24. The zero-order valence-corrected chi connectivity index (χ0v) is 10.9. The van der Waals surface area contributed by atoms with Crippen LogP contribution in [0.25, 0.3) is 27.5 Å². The monoisotopic (exact) mass is 401 g/mol. The van der Waals surface area contributed by atoms with Crippen LogP contribution in [0.15, 0.2) is 41.4 Å². The molecule has 0 unspecified atom stereocenters. The molecule has 3 heterocycles. The molecule has 0 saturated carbocycles. The minimum atomic E-state index is 0. The van der Waals surface area contributed by atoms with Crippen LogP contribution in [-0.2, 0) is 20.1 Å². The quantitative estimate of drug-likeness (QED) is 0.426. The van der Waals surface area contributed by atoms with Crippen molar-refractivity contribution in [2.45, 2.75) is 0 Å². The Morgan fingerprint density at radius 3 is 3.12 bits per heavy atom. The van der Waals surface area contributed by atoms with Crippen LogP contribution in [-0.4, -0.2) is 14.5 Å². The van der Waals surface area contributed by atoms with Crippen LogP contribution >= 0.6 is 0 Å². The molecule has 0 aliphatic heterocycles. The summed E-state index contributed by atoms with van der Waals surface area (Å²) in [5, 5.41) is 7.04. The van der Waals surface area contributed by atoms with Crippen LogP contribution in [0.2, 0.25) is 0 Å². The SMILES string of the molecule is [Ir].[c-]1cccc2c1c1nccn1c1nocc21. The second-order valence-corrected chi connectivity index (χ2v) is 3.63. The van der Waals surface area contributed by atoms with E-state index in [0.29, 0.717) is 0 Å². The minimum Gasteiger partial charge on any atom is -0.363 e. The first-order chi connectivity index (χ1) is 7.95. The summed E-state index contributed by atoms with van der Waals surface area (Å²) in [5.41, 5.74) is 1.65. The molecule has 5 heteroatoms. The van der Waals surface area contributed by atoms with Crippen LogP contribution < -0.4 is 0 Å². The van der Waals surface area contributed by atoms with E-state index < -0.39 is 0 Å². The van der Waals surface area contributed by atoms with Gasteiger partial charge in [-0.3, -0.25) is 4.98 Å². The van der Waals surface area contributed by atoms with Gasteiger partial charge < -0.3 is 8.92 Å². The summed E-state index contributed by atoms with van der Waals surface area (Å²) in [7, 11) is 0. The van der Waals surface area contributed by atoms with E-state index in [9.17, 15) is 0 Å². The Bertz CT molecular complexity index is 749. The molecule has 1 aromatic carbocycles. The van der Waals surface area contributed by atoms with Gasteiger partial charge in [0.25, 0.3) is 0 Å². The number of hydrogen-bond acceptors (Lipinski definition) is 3. The summed E-state index contributed by atoms with van der Waals surface area (Å²) in [6.07, 6.45) is 5.29. The normalized spacial score (nSPS) is 11.1. The fourth-order valence-electron chi connectivity index (χ4n) is 2.09. The summed E-state index contributed by atoms with van der Waals surface area (Å²) < 4.78 is 6.95. The van der Waals surface area contributed by atoms with Crippen LogP contribution in [0.4, 0.5) is 0 Å². The zero-order valence-electron chi connectivity index (χ0n) is 8.55. The minimum absolute atomic E-state index is 0. The Morgan fingerprint density at radius 2 is 2.18 bits per heavy atom. The van der Waals surface area contributed by atoms with Crippen molar-refractivity contribution < 1.29 is 24.6 Å². The van der Waals surface area contributed by atoms with Gasteiger partial charge in [-0.15, -0.1) is 24.3 Å². The molecule has 0 spiro atoms. The molecule has 4 rings (SSSR count). The number of imidazole rings is 1. The molecule has 3 aromatic heterocycles. The number of hydrogen-bond donors (Lipinski definition) is 0. The van der Waals surface area contributed by atoms with E-state index in [-0.39, 0.29) is 20.1 Å². The molecule has 0 amide bonds. The van der Waals surface area contributed by atoms with Gasteiger partial charge in [-0.05, 0) is 0 Å². The van der Waals surface area contributed by atoms with E-state index in [4.69, 9.17) is 4.52 Å². The van der Waals surface area contributed by atoms with Gasteiger partial charge in [0.1, 0.15) is 6.26 Å². The molecule has 4 nitrogen and oxygen atoms in total. The van der Waals surface area contributed by atoms with Crippen molar-refractivity contribution in [1.29, 1.82) is 0 Å². The maximum absolute atomic E-state index is 5.04. The van der Waals surface area contributed by atoms with Crippen molar-refractivity contribution in [3.8, 4) is 0 Å². The van der Waals surface area contributed by atoms with E-state index in [1.54, 1.807) is 12.5 Å². The van der Waals surface area contributed by atoms with Gasteiger partial charge in [0, 0.05) is 37.9 Å². The summed E-state index contributed by atoms with van der Waals surface area (Å²) in [5.74, 6) is 0. The van der Waals surface area contributed by atoms with Crippen molar-refractivity contribution in [3.05, 3.63) is 42.9 Å². The van der Waals surface area contributed by atoms with E-state index in [2.05, 4.69) is 16.2 Å². The fourth-order valence-corrected chi connectivity index (χ4v) is 2.09. The summed E-state index contributed by atoms with van der Waals surface area (Å²) in [6.45, 7) is 0. The molecule has 1 radical (unpaired) electrons. The second kappa shape index (κ2) is 3.65. The average molecular weight is 400 g/mol. The van der Waals surface area contributed by atoms with Crippen molar-refractivity contribution >= 4 is 27.5 Å². The van der Waals surface area contributed by atoms with Gasteiger partial charge in [-0.25, -0.2) is 0 Å². The fraction of sp³-hybridized carbons (Fsp3) is 0. The first-order valence-corrected chi connectivity index (χ1v) is 4.95. The standard InChI is InChI=1S/C12H6N3O.Ir/c1-2-4-9-8(3-1)10-7-16-14-12(10)15-6-5-13-11(9)15;/h1-3,5-7H;/q-1;. The molecule has 0 atom stereocenters. The number of aromatic nitrogens is 3. The summed E-state index contributed by atoms with van der Waals surface area (Å²) in [4.78, 5) is 4.33. The Morgan fingerprint density at radius 1 is 1.24 bits per heavy atom. The largest absolute Gasteiger partial charge is 0.363 e. The van der Waals surface area contributed by atoms with Gasteiger partial charge in [0.15, 0.2) is 5.65 Å². The predicted molar refractivity (Wildman–Crippen MR) is 59.1 cm³/mol. The van der Waals surface area contributed by atoms with Crippen LogP contribution in [0, 0.1) is 6.07 Å². The first-order valence-electron chi connectivity index (χ1n) is 4.95. The molecule has 0 aliphatic rings. The van der Waals surface area contributed by atoms with E-state index in [1.807, 2.05) is 28.8 Å². The Hall–Kier alpha value is -1.71. The average Bonchev–Trinajstić information content (AvgIpc) is 2.98. The summed E-state index contributed by atoms with van der Waals surface area (Å²) >= 11 is 0. The van der Waals surface area contributed by atoms with Gasteiger partial charge in [0.2, 0.25) is 0 Å². The number of pyridine rings is 1. The molecule has 0 N–H and O–H groups in total. The molecular formula is C12H6IrN3O-. The zero-order chi connectivity index (χ0) is 10.5. The third-order valence-electron chi connectivity index (χ3n) is 2.79. The Balaban J connectivity index is 0.000000902. The molecule has 0 fully saturated rings. The smallest absolute Gasteiger partial charge is 0.171 e. The van der Waals surface area contributed by atoms with Gasteiger partial charge in [0.05, 0.1) is 5.65 Å². The molecule has 4 aromatic rings. The topological polar surface area (TPSA) is 43.3 Å². The van der Waals surface area contributed by atoms with Crippen molar-refractivity contribution in [1.82, 2.24) is 14.5 Å². The number of benzene rings is 1. The molecular weight excluding hydrogens is 394 g/mol. The molecule has 0 bridgehead atoms. The maximum Gasteiger partial charge on any atom is 0.171 e. The van der Waals surface area contributed by atoms with Gasteiger partial charge in [-0.1, -0.05) is 15.9 Å². The number of nitrogens with zero attached hydrogens (tertiary/aromatic N) is 3.